The molecule has 1 aromatic carbocycles. The second-order valence-electron chi connectivity index (χ2n) is 4.83. The van der Waals surface area contributed by atoms with Crippen LogP contribution in [0.5, 0.6) is 11.5 Å². The van der Waals surface area contributed by atoms with Crippen molar-refractivity contribution in [3.8, 4) is 11.5 Å². The van der Waals surface area contributed by atoms with Crippen molar-refractivity contribution in [1.29, 1.82) is 0 Å². The number of para-hydroxylation sites is 1. The molecule has 1 aliphatic heterocycles. The van der Waals surface area contributed by atoms with E-state index in [2.05, 4.69) is 4.98 Å². The van der Waals surface area contributed by atoms with Crippen LogP contribution in [0.3, 0.4) is 0 Å². The fourth-order valence-corrected chi connectivity index (χ4v) is 2.28. The van der Waals surface area contributed by atoms with Crippen LogP contribution < -0.4 is 9.47 Å². The van der Waals surface area contributed by atoms with E-state index in [1.807, 2.05) is 24.3 Å². The Morgan fingerprint density at radius 1 is 1.19 bits per heavy atom. The lowest BCUT2D eigenvalue weighted by Crippen LogP contribution is -2.56. The molecule has 0 saturated carbocycles. The van der Waals surface area contributed by atoms with Crippen LogP contribution >= 0.6 is 0 Å². The molecule has 2 aromatic rings. The van der Waals surface area contributed by atoms with Gasteiger partial charge in [0.25, 0.3) is 5.91 Å². The van der Waals surface area contributed by atoms with Crippen molar-refractivity contribution in [2.24, 2.45) is 0 Å². The molecule has 1 fully saturated rings. The lowest BCUT2D eigenvalue weighted by atomic mass is 10.1. The maximum atomic E-state index is 12.4. The van der Waals surface area contributed by atoms with E-state index in [4.69, 9.17) is 9.47 Å². The van der Waals surface area contributed by atoms with Gasteiger partial charge in [0.2, 0.25) is 0 Å². The van der Waals surface area contributed by atoms with Gasteiger partial charge < -0.3 is 14.4 Å². The number of rotatable bonds is 4. The van der Waals surface area contributed by atoms with Gasteiger partial charge in [-0.1, -0.05) is 12.1 Å². The second-order valence-corrected chi connectivity index (χ2v) is 4.83. The minimum absolute atomic E-state index is 0.0259. The predicted octanol–water partition coefficient (Wildman–Crippen LogP) is 1.99. The summed E-state index contributed by atoms with van der Waals surface area (Å²) in [5, 5.41) is 0. The number of benzene rings is 1. The van der Waals surface area contributed by atoms with Crippen molar-refractivity contribution in [3.63, 3.8) is 0 Å². The van der Waals surface area contributed by atoms with E-state index in [9.17, 15) is 4.79 Å². The molecule has 0 radical (unpaired) electrons. The van der Waals surface area contributed by atoms with Crippen molar-refractivity contribution in [2.75, 3.05) is 20.2 Å². The Labute approximate surface area is 123 Å². The second kappa shape index (κ2) is 5.83. The van der Waals surface area contributed by atoms with Gasteiger partial charge in [0.15, 0.2) is 0 Å². The van der Waals surface area contributed by atoms with Gasteiger partial charge in [0.05, 0.1) is 25.8 Å². The first-order valence-corrected chi connectivity index (χ1v) is 6.77. The van der Waals surface area contributed by atoms with Gasteiger partial charge in [-0.15, -0.1) is 0 Å². The molecule has 0 atom stereocenters. The molecule has 0 bridgehead atoms. The topological polar surface area (TPSA) is 51.7 Å². The van der Waals surface area contributed by atoms with Gasteiger partial charge in [-0.3, -0.25) is 9.78 Å². The quantitative estimate of drug-likeness (QED) is 0.861. The van der Waals surface area contributed by atoms with Crippen molar-refractivity contribution in [2.45, 2.75) is 6.10 Å². The average Bonchev–Trinajstić information content (AvgIpc) is 2.51. The molecule has 0 spiro atoms. The zero-order valence-electron chi connectivity index (χ0n) is 11.7. The molecular weight excluding hydrogens is 268 g/mol. The van der Waals surface area contributed by atoms with Gasteiger partial charge in [-0.25, -0.2) is 0 Å². The molecule has 1 saturated heterocycles. The molecule has 1 amide bonds. The van der Waals surface area contributed by atoms with E-state index in [-0.39, 0.29) is 12.0 Å². The number of carbonyl (C=O) groups is 1. The Hall–Kier alpha value is -2.56. The first-order chi connectivity index (χ1) is 10.3. The van der Waals surface area contributed by atoms with E-state index >= 15 is 0 Å². The van der Waals surface area contributed by atoms with Crippen molar-refractivity contribution in [1.82, 2.24) is 9.88 Å². The number of aromatic nitrogens is 1. The lowest BCUT2D eigenvalue weighted by Gasteiger charge is -2.39. The van der Waals surface area contributed by atoms with Crippen molar-refractivity contribution >= 4 is 5.91 Å². The van der Waals surface area contributed by atoms with Gasteiger partial charge >= 0.3 is 0 Å². The Kier molecular flexibility index (Phi) is 3.73. The fraction of sp³-hybridized carbons (Fsp3) is 0.250. The molecule has 5 nitrogen and oxygen atoms in total. The molecule has 2 heterocycles. The highest BCUT2D eigenvalue weighted by Crippen LogP contribution is 2.23. The van der Waals surface area contributed by atoms with Crippen LogP contribution in [0.15, 0.2) is 48.8 Å². The largest absolute Gasteiger partial charge is 0.496 e. The molecule has 1 aliphatic rings. The number of carbonyl (C=O) groups excluding carboxylic acids is 1. The number of amides is 1. The summed E-state index contributed by atoms with van der Waals surface area (Å²) in [5.41, 5.74) is 0.586. The molecule has 0 N–H and O–H groups in total. The predicted molar refractivity (Wildman–Crippen MR) is 77.6 cm³/mol. The summed E-state index contributed by atoms with van der Waals surface area (Å²) < 4.78 is 11.0. The van der Waals surface area contributed by atoms with Crippen LogP contribution in [0.25, 0.3) is 0 Å². The standard InChI is InChI=1S/C16H16N2O3/c1-20-15-5-3-2-4-14(15)16(19)18-10-13(11-18)21-12-6-8-17-9-7-12/h2-9,13H,10-11H2,1H3. The van der Waals surface area contributed by atoms with Gasteiger partial charge in [-0.2, -0.15) is 0 Å². The number of likely N-dealkylation sites (tertiary alicyclic amines) is 1. The third-order valence-electron chi connectivity index (χ3n) is 3.43. The Bertz CT molecular complexity index is 624. The summed E-state index contributed by atoms with van der Waals surface area (Å²) in [5.74, 6) is 1.35. The summed E-state index contributed by atoms with van der Waals surface area (Å²) >= 11 is 0. The number of nitrogens with zero attached hydrogens (tertiary/aromatic N) is 2. The van der Waals surface area contributed by atoms with Crippen LogP contribution in [-0.2, 0) is 0 Å². The van der Waals surface area contributed by atoms with E-state index in [0.29, 0.717) is 24.4 Å². The zero-order chi connectivity index (χ0) is 14.7. The molecule has 5 heteroatoms. The Balaban J connectivity index is 1.60. The van der Waals surface area contributed by atoms with Crippen LogP contribution in [-0.4, -0.2) is 42.1 Å². The smallest absolute Gasteiger partial charge is 0.257 e. The van der Waals surface area contributed by atoms with Gasteiger partial charge in [0, 0.05) is 12.4 Å². The highest BCUT2D eigenvalue weighted by molar-refractivity contribution is 5.97. The first-order valence-electron chi connectivity index (χ1n) is 6.77. The highest BCUT2D eigenvalue weighted by Gasteiger charge is 2.33. The van der Waals surface area contributed by atoms with Crippen LogP contribution in [0.4, 0.5) is 0 Å². The summed E-state index contributed by atoms with van der Waals surface area (Å²) in [6.07, 6.45) is 3.41. The minimum atomic E-state index is -0.0259. The SMILES string of the molecule is COc1ccccc1C(=O)N1CC(Oc2ccncc2)C1. The van der Waals surface area contributed by atoms with E-state index < -0.39 is 0 Å². The lowest BCUT2D eigenvalue weighted by molar-refractivity contribution is 0.0175. The monoisotopic (exact) mass is 284 g/mol. The Morgan fingerprint density at radius 2 is 1.90 bits per heavy atom. The van der Waals surface area contributed by atoms with Gasteiger partial charge in [-0.05, 0) is 24.3 Å². The van der Waals surface area contributed by atoms with Gasteiger partial charge in [0.1, 0.15) is 17.6 Å². The average molecular weight is 284 g/mol. The maximum absolute atomic E-state index is 12.4. The maximum Gasteiger partial charge on any atom is 0.257 e. The van der Waals surface area contributed by atoms with Crippen LogP contribution in [0.1, 0.15) is 10.4 Å². The number of ether oxygens (including phenoxy) is 2. The number of hydrogen-bond acceptors (Lipinski definition) is 4. The van der Waals surface area contributed by atoms with E-state index in [1.165, 1.54) is 0 Å². The minimum Gasteiger partial charge on any atom is -0.496 e. The number of pyridine rings is 1. The van der Waals surface area contributed by atoms with Crippen LogP contribution in [0.2, 0.25) is 0 Å². The highest BCUT2D eigenvalue weighted by atomic mass is 16.5. The summed E-state index contributed by atoms with van der Waals surface area (Å²) in [7, 11) is 1.57. The third kappa shape index (κ3) is 2.81. The zero-order valence-corrected chi connectivity index (χ0v) is 11.7. The fourth-order valence-electron chi connectivity index (χ4n) is 2.28. The molecule has 108 valence electrons. The van der Waals surface area contributed by atoms with E-state index in [0.717, 1.165) is 5.75 Å². The summed E-state index contributed by atoms with van der Waals surface area (Å²) in [6, 6.07) is 10.9. The van der Waals surface area contributed by atoms with Crippen molar-refractivity contribution in [3.05, 3.63) is 54.4 Å². The number of methoxy groups -OCH3 is 1. The number of hydrogen-bond donors (Lipinski definition) is 0. The molecular formula is C16H16N2O3. The first kappa shape index (κ1) is 13.4. The van der Waals surface area contributed by atoms with Crippen molar-refractivity contribution < 1.29 is 14.3 Å². The Morgan fingerprint density at radius 3 is 2.62 bits per heavy atom. The molecule has 21 heavy (non-hydrogen) atoms. The molecule has 3 rings (SSSR count). The normalized spacial score (nSPS) is 14.4. The van der Waals surface area contributed by atoms with E-state index in [1.54, 1.807) is 36.5 Å². The molecule has 1 aromatic heterocycles. The molecule has 0 unspecified atom stereocenters. The summed E-state index contributed by atoms with van der Waals surface area (Å²) in [4.78, 5) is 18.1. The molecule has 0 aliphatic carbocycles. The third-order valence-corrected chi connectivity index (χ3v) is 3.43. The summed E-state index contributed by atoms with van der Waals surface area (Å²) in [6.45, 7) is 1.17. The van der Waals surface area contributed by atoms with Crippen LogP contribution in [0, 0.1) is 0 Å².